The van der Waals surface area contributed by atoms with Crippen LogP contribution in [0.4, 0.5) is 0 Å². The second-order valence-corrected chi connectivity index (χ2v) is 5.19. The molecule has 0 aliphatic rings. The minimum atomic E-state index is 0.660. The van der Waals surface area contributed by atoms with E-state index in [-0.39, 0.29) is 0 Å². The van der Waals surface area contributed by atoms with Gasteiger partial charge in [0, 0.05) is 18.0 Å². The number of aromatic nitrogens is 2. The van der Waals surface area contributed by atoms with Crippen LogP contribution in [-0.4, -0.2) is 15.4 Å². The number of nitrogens with zero attached hydrogens (tertiary/aromatic N) is 2. The minimum Gasteiger partial charge on any atom is -0.296 e. The molecule has 2 aromatic carbocycles. The highest BCUT2D eigenvalue weighted by atomic mass is 35.5. The van der Waals surface area contributed by atoms with E-state index in [4.69, 9.17) is 16.6 Å². The van der Waals surface area contributed by atoms with E-state index in [1.165, 1.54) is 5.56 Å². The summed E-state index contributed by atoms with van der Waals surface area (Å²) in [6.45, 7) is 2.14. The van der Waals surface area contributed by atoms with Crippen molar-refractivity contribution in [3.8, 4) is 5.69 Å². The number of hydrogen-bond acceptors (Lipinski definition) is 1. The standard InChI is InChI=1S/C17H17ClN2/c1-2-17-19-15-5-3-4-6-16(15)20(17)14-9-7-13(8-10-14)11-12-18/h3-10H,2,11-12H2,1H3. The van der Waals surface area contributed by atoms with E-state index in [1.54, 1.807) is 0 Å². The van der Waals surface area contributed by atoms with Crippen molar-refractivity contribution in [2.75, 3.05) is 5.88 Å². The monoisotopic (exact) mass is 284 g/mol. The molecule has 1 aromatic heterocycles. The molecule has 0 aliphatic carbocycles. The molecule has 2 nitrogen and oxygen atoms in total. The fourth-order valence-electron chi connectivity index (χ4n) is 2.52. The van der Waals surface area contributed by atoms with Gasteiger partial charge in [0.1, 0.15) is 5.82 Å². The third-order valence-corrected chi connectivity index (χ3v) is 3.71. The van der Waals surface area contributed by atoms with Gasteiger partial charge in [-0.3, -0.25) is 4.57 Å². The van der Waals surface area contributed by atoms with Crippen LogP contribution in [-0.2, 0) is 12.8 Å². The van der Waals surface area contributed by atoms with Crippen LogP contribution >= 0.6 is 11.6 Å². The number of imidazole rings is 1. The van der Waals surface area contributed by atoms with Crippen LogP contribution in [0.3, 0.4) is 0 Å². The van der Waals surface area contributed by atoms with Crippen molar-refractivity contribution >= 4 is 22.6 Å². The molecule has 0 bridgehead atoms. The van der Waals surface area contributed by atoms with Crippen LogP contribution in [0.25, 0.3) is 16.7 Å². The van der Waals surface area contributed by atoms with E-state index in [2.05, 4.69) is 54.0 Å². The minimum absolute atomic E-state index is 0.660. The summed E-state index contributed by atoms with van der Waals surface area (Å²) in [6, 6.07) is 16.9. The molecule has 102 valence electrons. The Bertz CT molecular complexity index is 713. The average molecular weight is 285 g/mol. The molecule has 0 amide bonds. The maximum Gasteiger partial charge on any atom is 0.114 e. The van der Waals surface area contributed by atoms with Gasteiger partial charge in [-0.15, -0.1) is 11.6 Å². The lowest BCUT2D eigenvalue weighted by Gasteiger charge is -2.09. The Morgan fingerprint density at radius 2 is 1.80 bits per heavy atom. The molecule has 3 aromatic rings. The van der Waals surface area contributed by atoms with Crippen molar-refractivity contribution in [2.24, 2.45) is 0 Å². The molecule has 0 aliphatic heterocycles. The Morgan fingerprint density at radius 1 is 1.05 bits per heavy atom. The maximum absolute atomic E-state index is 5.79. The fourth-order valence-corrected chi connectivity index (χ4v) is 2.74. The smallest absolute Gasteiger partial charge is 0.114 e. The van der Waals surface area contributed by atoms with Gasteiger partial charge >= 0.3 is 0 Å². The summed E-state index contributed by atoms with van der Waals surface area (Å²) in [5, 5.41) is 0. The first kappa shape index (κ1) is 13.2. The second kappa shape index (κ2) is 5.68. The normalized spacial score (nSPS) is 11.1. The number of benzene rings is 2. The zero-order valence-corrected chi connectivity index (χ0v) is 12.3. The van der Waals surface area contributed by atoms with Crippen molar-refractivity contribution in [3.05, 3.63) is 59.9 Å². The first-order valence-corrected chi connectivity index (χ1v) is 7.48. The Labute approximate surface area is 124 Å². The predicted molar refractivity (Wildman–Crippen MR) is 84.9 cm³/mol. The van der Waals surface area contributed by atoms with Crippen LogP contribution in [0.2, 0.25) is 0 Å². The van der Waals surface area contributed by atoms with Crippen molar-refractivity contribution in [1.29, 1.82) is 0 Å². The van der Waals surface area contributed by atoms with E-state index in [9.17, 15) is 0 Å². The zero-order valence-electron chi connectivity index (χ0n) is 11.5. The number of halogens is 1. The molecule has 0 unspecified atom stereocenters. The number of rotatable bonds is 4. The lowest BCUT2D eigenvalue weighted by molar-refractivity contribution is 0.907. The van der Waals surface area contributed by atoms with Gasteiger partial charge in [-0.05, 0) is 36.2 Å². The number of fused-ring (bicyclic) bond motifs is 1. The van der Waals surface area contributed by atoms with Gasteiger partial charge in [0.05, 0.1) is 11.0 Å². The Hall–Kier alpha value is -1.80. The molecular weight excluding hydrogens is 268 g/mol. The van der Waals surface area contributed by atoms with Crippen molar-refractivity contribution in [3.63, 3.8) is 0 Å². The molecule has 0 atom stereocenters. The predicted octanol–water partition coefficient (Wildman–Crippen LogP) is 4.37. The van der Waals surface area contributed by atoms with E-state index >= 15 is 0 Å². The Kier molecular flexibility index (Phi) is 3.75. The maximum atomic E-state index is 5.79. The molecule has 0 saturated carbocycles. The molecule has 3 heteroatoms. The number of alkyl halides is 1. The summed E-state index contributed by atoms with van der Waals surface area (Å²) in [5.41, 5.74) is 4.64. The van der Waals surface area contributed by atoms with Crippen molar-refractivity contribution in [2.45, 2.75) is 19.8 Å². The summed E-state index contributed by atoms with van der Waals surface area (Å²) in [4.78, 5) is 4.71. The quantitative estimate of drug-likeness (QED) is 0.651. The highest BCUT2D eigenvalue weighted by Crippen LogP contribution is 2.22. The van der Waals surface area contributed by atoms with E-state index in [1.807, 2.05) is 6.07 Å². The molecular formula is C17H17ClN2. The van der Waals surface area contributed by atoms with E-state index < -0.39 is 0 Å². The van der Waals surface area contributed by atoms with Crippen LogP contribution in [0.1, 0.15) is 18.3 Å². The molecule has 0 saturated heterocycles. The largest absolute Gasteiger partial charge is 0.296 e. The van der Waals surface area contributed by atoms with Gasteiger partial charge in [0.25, 0.3) is 0 Å². The first-order valence-electron chi connectivity index (χ1n) is 6.95. The highest BCUT2D eigenvalue weighted by Gasteiger charge is 2.10. The average Bonchev–Trinajstić information content (AvgIpc) is 2.87. The summed E-state index contributed by atoms with van der Waals surface area (Å²) in [6.07, 6.45) is 1.82. The van der Waals surface area contributed by atoms with Crippen LogP contribution in [0.15, 0.2) is 48.5 Å². The number of aryl methyl sites for hydroxylation is 2. The van der Waals surface area contributed by atoms with Gasteiger partial charge < -0.3 is 0 Å². The zero-order chi connectivity index (χ0) is 13.9. The fraction of sp³-hybridized carbons (Fsp3) is 0.235. The van der Waals surface area contributed by atoms with E-state index in [0.29, 0.717) is 5.88 Å². The third-order valence-electron chi connectivity index (χ3n) is 3.52. The lowest BCUT2D eigenvalue weighted by Crippen LogP contribution is -2.00. The van der Waals surface area contributed by atoms with Crippen LogP contribution in [0.5, 0.6) is 0 Å². The SMILES string of the molecule is CCc1nc2ccccc2n1-c1ccc(CCCl)cc1. The highest BCUT2D eigenvalue weighted by molar-refractivity contribution is 6.17. The summed E-state index contributed by atoms with van der Waals surface area (Å²) < 4.78 is 2.24. The second-order valence-electron chi connectivity index (χ2n) is 4.81. The van der Waals surface area contributed by atoms with Gasteiger partial charge in [0.2, 0.25) is 0 Å². The van der Waals surface area contributed by atoms with Gasteiger partial charge in [-0.25, -0.2) is 4.98 Å². The number of para-hydroxylation sites is 2. The van der Waals surface area contributed by atoms with Gasteiger partial charge in [-0.1, -0.05) is 31.2 Å². The van der Waals surface area contributed by atoms with Crippen LogP contribution < -0.4 is 0 Å². The third kappa shape index (κ3) is 2.32. The molecule has 20 heavy (non-hydrogen) atoms. The van der Waals surface area contributed by atoms with Crippen LogP contribution in [0, 0.1) is 0 Å². The molecule has 0 spiro atoms. The number of hydrogen-bond donors (Lipinski definition) is 0. The molecule has 0 radical (unpaired) electrons. The molecule has 0 fully saturated rings. The Balaban J connectivity index is 2.12. The van der Waals surface area contributed by atoms with Gasteiger partial charge in [0.15, 0.2) is 0 Å². The van der Waals surface area contributed by atoms with Crippen molar-refractivity contribution < 1.29 is 0 Å². The topological polar surface area (TPSA) is 17.8 Å². The lowest BCUT2D eigenvalue weighted by atomic mass is 10.1. The van der Waals surface area contributed by atoms with Gasteiger partial charge in [-0.2, -0.15) is 0 Å². The molecule has 0 N–H and O–H groups in total. The summed E-state index contributed by atoms with van der Waals surface area (Å²) in [7, 11) is 0. The first-order chi connectivity index (χ1) is 9.83. The summed E-state index contributed by atoms with van der Waals surface area (Å²) >= 11 is 5.79. The molecule has 1 heterocycles. The molecule has 3 rings (SSSR count). The van der Waals surface area contributed by atoms with E-state index in [0.717, 1.165) is 35.4 Å². The summed E-state index contributed by atoms with van der Waals surface area (Å²) in [5.74, 6) is 1.75. The Morgan fingerprint density at radius 3 is 2.50 bits per heavy atom. The van der Waals surface area contributed by atoms with Crippen molar-refractivity contribution in [1.82, 2.24) is 9.55 Å².